The van der Waals surface area contributed by atoms with E-state index in [1.54, 1.807) is 0 Å². The first-order chi connectivity index (χ1) is 8.75. The van der Waals surface area contributed by atoms with Gasteiger partial charge in [-0.05, 0) is 12.5 Å². The molecule has 0 radical (unpaired) electrons. The van der Waals surface area contributed by atoms with Crippen LogP contribution in [0.25, 0.3) is 0 Å². The Kier molecular flexibility index (Phi) is 4.02. The Bertz CT molecular complexity index is 509. The third kappa shape index (κ3) is 3.38. The fourth-order valence-corrected chi connectivity index (χ4v) is 1.50. The van der Waals surface area contributed by atoms with Crippen molar-refractivity contribution in [2.45, 2.75) is 13.3 Å². The van der Waals surface area contributed by atoms with Gasteiger partial charge in [0, 0.05) is 18.8 Å². The lowest BCUT2D eigenvalue weighted by Crippen LogP contribution is -2.08. The van der Waals surface area contributed by atoms with Gasteiger partial charge in [0.1, 0.15) is 6.33 Å². The molecule has 4 heteroatoms. The minimum absolute atomic E-state index is 0.358. The van der Waals surface area contributed by atoms with E-state index in [4.69, 9.17) is 4.74 Å². The third-order valence-corrected chi connectivity index (χ3v) is 2.54. The highest BCUT2D eigenvalue weighted by Gasteiger charge is 2.06. The predicted molar refractivity (Wildman–Crippen MR) is 67.2 cm³/mol. The van der Waals surface area contributed by atoms with Crippen LogP contribution in [0.4, 0.5) is 0 Å². The zero-order valence-electron chi connectivity index (χ0n) is 10.2. The molecule has 1 aromatic heterocycles. The van der Waals surface area contributed by atoms with E-state index in [1.165, 1.54) is 24.3 Å². The van der Waals surface area contributed by atoms with E-state index in [9.17, 15) is 4.79 Å². The molecule has 18 heavy (non-hydrogen) atoms. The summed E-state index contributed by atoms with van der Waals surface area (Å²) < 4.78 is 5.14. The van der Waals surface area contributed by atoms with Crippen molar-refractivity contribution in [3.63, 3.8) is 0 Å². The summed E-state index contributed by atoms with van der Waals surface area (Å²) in [6, 6.07) is 8.16. The molecule has 0 aliphatic heterocycles. The van der Waals surface area contributed by atoms with Crippen molar-refractivity contribution in [2.75, 3.05) is 6.61 Å². The van der Waals surface area contributed by atoms with Gasteiger partial charge in [-0.1, -0.05) is 29.8 Å². The molecule has 2 rings (SSSR count). The summed E-state index contributed by atoms with van der Waals surface area (Å²) in [4.78, 5) is 19.1. The zero-order valence-corrected chi connectivity index (χ0v) is 10.2. The van der Waals surface area contributed by atoms with E-state index in [-0.39, 0.29) is 5.97 Å². The Balaban J connectivity index is 1.82. The highest BCUT2D eigenvalue weighted by molar-refractivity contribution is 5.88. The first kappa shape index (κ1) is 12.2. The zero-order chi connectivity index (χ0) is 12.8. The van der Waals surface area contributed by atoms with E-state index in [1.807, 2.05) is 31.2 Å². The SMILES string of the molecule is Cc1ccc(CCOC(=O)c2cncnc2)cc1. The number of aryl methyl sites for hydroxylation is 1. The average molecular weight is 242 g/mol. The normalized spacial score (nSPS) is 10.1. The lowest BCUT2D eigenvalue weighted by molar-refractivity contribution is 0.0508. The van der Waals surface area contributed by atoms with Gasteiger partial charge < -0.3 is 4.74 Å². The number of esters is 1. The smallest absolute Gasteiger partial charge is 0.341 e. The molecule has 0 unspecified atom stereocenters. The predicted octanol–water partition coefficient (Wildman–Crippen LogP) is 2.18. The van der Waals surface area contributed by atoms with Crippen LogP contribution in [0.2, 0.25) is 0 Å². The lowest BCUT2D eigenvalue weighted by Gasteiger charge is -2.04. The van der Waals surface area contributed by atoms with Gasteiger partial charge in [0.15, 0.2) is 0 Å². The number of ether oxygens (including phenoxy) is 1. The van der Waals surface area contributed by atoms with Crippen LogP contribution >= 0.6 is 0 Å². The van der Waals surface area contributed by atoms with Crippen molar-refractivity contribution in [3.8, 4) is 0 Å². The first-order valence-corrected chi connectivity index (χ1v) is 5.73. The number of nitrogens with zero attached hydrogens (tertiary/aromatic N) is 2. The van der Waals surface area contributed by atoms with Crippen LogP contribution in [-0.2, 0) is 11.2 Å². The summed E-state index contributed by atoms with van der Waals surface area (Å²) in [5, 5.41) is 0. The summed E-state index contributed by atoms with van der Waals surface area (Å²) in [6.07, 6.45) is 4.98. The van der Waals surface area contributed by atoms with Gasteiger partial charge in [-0.25, -0.2) is 14.8 Å². The topological polar surface area (TPSA) is 52.1 Å². The minimum atomic E-state index is -0.386. The number of benzene rings is 1. The van der Waals surface area contributed by atoms with E-state index >= 15 is 0 Å². The van der Waals surface area contributed by atoms with Gasteiger partial charge in [0.2, 0.25) is 0 Å². The maximum Gasteiger partial charge on any atom is 0.341 e. The highest BCUT2D eigenvalue weighted by atomic mass is 16.5. The molecule has 4 nitrogen and oxygen atoms in total. The summed E-state index contributed by atoms with van der Waals surface area (Å²) in [7, 11) is 0. The summed E-state index contributed by atoms with van der Waals surface area (Å²) in [6.45, 7) is 2.40. The molecule has 0 spiro atoms. The van der Waals surface area contributed by atoms with Crippen molar-refractivity contribution in [1.29, 1.82) is 0 Å². The fraction of sp³-hybridized carbons (Fsp3) is 0.214. The van der Waals surface area contributed by atoms with Crippen molar-refractivity contribution >= 4 is 5.97 Å². The number of hydrogen-bond donors (Lipinski definition) is 0. The second-order valence-electron chi connectivity index (χ2n) is 4.00. The molecule has 0 N–H and O–H groups in total. The maximum atomic E-state index is 11.6. The van der Waals surface area contributed by atoms with Gasteiger partial charge >= 0.3 is 5.97 Å². The fourth-order valence-electron chi connectivity index (χ4n) is 1.50. The van der Waals surface area contributed by atoms with Gasteiger partial charge in [0.25, 0.3) is 0 Å². The first-order valence-electron chi connectivity index (χ1n) is 5.73. The standard InChI is InChI=1S/C14H14N2O2/c1-11-2-4-12(5-3-11)6-7-18-14(17)13-8-15-10-16-9-13/h2-5,8-10H,6-7H2,1H3. The van der Waals surface area contributed by atoms with Crippen LogP contribution in [0.5, 0.6) is 0 Å². The molecule has 0 atom stereocenters. The second-order valence-corrected chi connectivity index (χ2v) is 4.00. The average Bonchev–Trinajstić information content (AvgIpc) is 2.42. The quantitative estimate of drug-likeness (QED) is 0.771. The molecule has 0 saturated carbocycles. The van der Waals surface area contributed by atoms with Gasteiger partial charge in [-0.2, -0.15) is 0 Å². The van der Waals surface area contributed by atoms with Crippen LogP contribution in [-0.4, -0.2) is 22.5 Å². The van der Waals surface area contributed by atoms with Crippen molar-refractivity contribution in [1.82, 2.24) is 9.97 Å². The number of hydrogen-bond acceptors (Lipinski definition) is 4. The van der Waals surface area contributed by atoms with Crippen molar-refractivity contribution in [2.24, 2.45) is 0 Å². The lowest BCUT2D eigenvalue weighted by atomic mass is 10.1. The summed E-state index contributed by atoms with van der Waals surface area (Å²) in [5.41, 5.74) is 2.75. The molecule has 0 aliphatic rings. The molecule has 0 aliphatic carbocycles. The summed E-state index contributed by atoms with van der Waals surface area (Å²) >= 11 is 0. The van der Waals surface area contributed by atoms with E-state index in [0.29, 0.717) is 18.6 Å². The Labute approximate surface area is 106 Å². The maximum absolute atomic E-state index is 11.6. The summed E-state index contributed by atoms with van der Waals surface area (Å²) in [5.74, 6) is -0.386. The monoisotopic (exact) mass is 242 g/mol. The number of carbonyl (C=O) groups excluding carboxylic acids is 1. The van der Waals surface area contributed by atoms with Crippen LogP contribution in [0.1, 0.15) is 21.5 Å². The molecule has 0 bridgehead atoms. The molecule has 0 fully saturated rings. The molecule has 0 amide bonds. The molecule has 0 saturated heterocycles. The third-order valence-electron chi connectivity index (χ3n) is 2.54. The molecule has 2 aromatic rings. The molecule has 92 valence electrons. The number of rotatable bonds is 4. The Hall–Kier alpha value is -2.23. The van der Waals surface area contributed by atoms with Gasteiger partial charge in [-0.3, -0.25) is 0 Å². The van der Waals surface area contributed by atoms with E-state index < -0.39 is 0 Å². The van der Waals surface area contributed by atoms with Crippen LogP contribution in [0.15, 0.2) is 43.0 Å². The van der Waals surface area contributed by atoms with Crippen molar-refractivity contribution in [3.05, 3.63) is 59.7 Å². The van der Waals surface area contributed by atoms with Gasteiger partial charge in [0.05, 0.1) is 12.2 Å². The number of aromatic nitrogens is 2. The Morgan fingerprint density at radius 1 is 1.17 bits per heavy atom. The van der Waals surface area contributed by atoms with E-state index in [0.717, 1.165) is 5.56 Å². The minimum Gasteiger partial charge on any atom is -0.462 e. The van der Waals surface area contributed by atoms with E-state index in [2.05, 4.69) is 9.97 Å². The van der Waals surface area contributed by atoms with Crippen LogP contribution < -0.4 is 0 Å². The van der Waals surface area contributed by atoms with Crippen LogP contribution in [0, 0.1) is 6.92 Å². The van der Waals surface area contributed by atoms with Crippen molar-refractivity contribution < 1.29 is 9.53 Å². The van der Waals surface area contributed by atoms with Crippen LogP contribution in [0.3, 0.4) is 0 Å². The van der Waals surface area contributed by atoms with Gasteiger partial charge in [-0.15, -0.1) is 0 Å². The number of carbonyl (C=O) groups is 1. The Morgan fingerprint density at radius 3 is 2.50 bits per heavy atom. The molecular weight excluding hydrogens is 228 g/mol. The highest BCUT2D eigenvalue weighted by Crippen LogP contribution is 2.05. The largest absolute Gasteiger partial charge is 0.462 e. The second kappa shape index (κ2) is 5.91. The molecular formula is C14H14N2O2. The Morgan fingerprint density at radius 2 is 1.83 bits per heavy atom. The molecule has 1 aromatic carbocycles. The molecule has 1 heterocycles.